The predicted octanol–water partition coefficient (Wildman–Crippen LogP) is 5.64. The third-order valence-electron chi connectivity index (χ3n) is 6.24. The van der Waals surface area contributed by atoms with Gasteiger partial charge in [-0.05, 0) is 53.8 Å². The first-order valence-corrected chi connectivity index (χ1v) is 11.1. The Morgan fingerprint density at radius 2 is 1.66 bits per heavy atom. The van der Waals surface area contributed by atoms with Gasteiger partial charge in [0.2, 0.25) is 0 Å². The van der Waals surface area contributed by atoms with Gasteiger partial charge < -0.3 is 14.8 Å². The molecule has 0 unspecified atom stereocenters. The Morgan fingerprint density at radius 1 is 0.906 bits per heavy atom. The minimum Gasteiger partial charge on any atom is -0.338 e. The average molecular weight is 422 g/mol. The van der Waals surface area contributed by atoms with Crippen LogP contribution >= 0.6 is 0 Å². The van der Waals surface area contributed by atoms with Gasteiger partial charge in [0.1, 0.15) is 6.04 Å². The van der Waals surface area contributed by atoms with Crippen molar-refractivity contribution in [3.63, 3.8) is 0 Å². The maximum absolute atomic E-state index is 13.6. The van der Waals surface area contributed by atoms with E-state index in [9.17, 15) is 4.79 Å². The maximum atomic E-state index is 13.6. The van der Waals surface area contributed by atoms with E-state index in [-0.39, 0.29) is 12.1 Å². The van der Waals surface area contributed by atoms with Gasteiger partial charge in [-0.1, -0.05) is 72.8 Å². The van der Waals surface area contributed by atoms with Crippen molar-refractivity contribution in [3.05, 3.63) is 125 Å². The van der Waals surface area contributed by atoms with Crippen molar-refractivity contribution in [2.45, 2.75) is 25.9 Å². The molecule has 2 amide bonds. The lowest BCUT2D eigenvalue weighted by Gasteiger charge is -2.32. The molecule has 2 heterocycles. The van der Waals surface area contributed by atoms with Crippen LogP contribution in [0.3, 0.4) is 0 Å². The van der Waals surface area contributed by atoms with E-state index in [4.69, 9.17) is 0 Å². The summed E-state index contributed by atoms with van der Waals surface area (Å²) in [7, 11) is 0. The molecule has 4 aromatic rings. The SMILES string of the molecule is Cc1ccccc1[C@H]1c2cccn2-c2ccccc2CN1C(=O)NCCc1ccccc1. The minimum absolute atomic E-state index is 0.0429. The van der Waals surface area contributed by atoms with Crippen LogP contribution in [0, 0.1) is 6.92 Å². The fourth-order valence-corrected chi connectivity index (χ4v) is 4.62. The number of nitrogens with one attached hydrogen (secondary N) is 1. The van der Waals surface area contributed by atoms with Crippen molar-refractivity contribution in [3.8, 4) is 5.69 Å². The molecule has 1 aliphatic heterocycles. The van der Waals surface area contributed by atoms with E-state index in [2.05, 4.69) is 83.7 Å². The van der Waals surface area contributed by atoms with Crippen LogP contribution in [-0.2, 0) is 13.0 Å². The molecule has 0 saturated carbocycles. The van der Waals surface area contributed by atoms with Crippen LogP contribution in [0.25, 0.3) is 5.69 Å². The highest BCUT2D eigenvalue weighted by Gasteiger charge is 2.33. The molecule has 0 saturated heterocycles. The van der Waals surface area contributed by atoms with Crippen molar-refractivity contribution in [1.29, 1.82) is 0 Å². The fraction of sp³-hybridized carbons (Fsp3) is 0.179. The highest BCUT2D eigenvalue weighted by Crippen LogP contribution is 2.37. The summed E-state index contributed by atoms with van der Waals surface area (Å²) in [5, 5.41) is 3.18. The van der Waals surface area contributed by atoms with E-state index in [1.54, 1.807) is 0 Å². The van der Waals surface area contributed by atoms with E-state index in [1.165, 1.54) is 11.1 Å². The molecule has 1 aromatic heterocycles. The van der Waals surface area contributed by atoms with E-state index < -0.39 is 0 Å². The number of rotatable bonds is 4. The number of carbonyl (C=O) groups excluding carboxylic acids is 1. The molecule has 4 heteroatoms. The molecule has 1 N–H and O–H groups in total. The summed E-state index contributed by atoms with van der Waals surface area (Å²) in [6.45, 7) is 3.27. The maximum Gasteiger partial charge on any atom is 0.318 e. The van der Waals surface area contributed by atoms with E-state index in [0.29, 0.717) is 13.1 Å². The van der Waals surface area contributed by atoms with Gasteiger partial charge in [0, 0.05) is 18.4 Å². The molecule has 160 valence electrons. The topological polar surface area (TPSA) is 37.3 Å². The van der Waals surface area contributed by atoms with E-state index in [0.717, 1.165) is 28.9 Å². The lowest BCUT2D eigenvalue weighted by Crippen LogP contribution is -2.42. The largest absolute Gasteiger partial charge is 0.338 e. The van der Waals surface area contributed by atoms with Crippen molar-refractivity contribution in [1.82, 2.24) is 14.8 Å². The van der Waals surface area contributed by atoms with Gasteiger partial charge in [-0.15, -0.1) is 0 Å². The first-order valence-electron chi connectivity index (χ1n) is 11.1. The van der Waals surface area contributed by atoms with Gasteiger partial charge in [-0.3, -0.25) is 0 Å². The van der Waals surface area contributed by atoms with Gasteiger partial charge >= 0.3 is 6.03 Å². The summed E-state index contributed by atoms with van der Waals surface area (Å²) in [4.78, 5) is 15.6. The second-order valence-electron chi connectivity index (χ2n) is 8.29. The third-order valence-corrected chi connectivity index (χ3v) is 6.24. The number of hydrogen-bond acceptors (Lipinski definition) is 1. The van der Waals surface area contributed by atoms with Crippen molar-refractivity contribution in [2.24, 2.45) is 0 Å². The number of aromatic nitrogens is 1. The standard InChI is InChI=1S/C28H27N3O/c1-21-10-5-7-14-24(21)27-26-16-9-19-30(26)25-15-8-6-13-23(25)20-31(27)28(32)29-18-17-22-11-3-2-4-12-22/h2-16,19,27H,17-18,20H2,1H3,(H,29,32)/t27-/m0/s1. The molecule has 0 aliphatic carbocycles. The van der Waals surface area contributed by atoms with E-state index in [1.807, 2.05) is 35.2 Å². The summed E-state index contributed by atoms with van der Waals surface area (Å²) >= 11 is 0. The predicted molar refractivity (Wildman–Crippen MR) is 128 cm³/mol. The smallest absolute Gasteiger partial charge is 0.318 e. The van der Waals surface area contributed by atoms with Crippen molar-refractivity contribution in [2.75, 3.05) is 6.54 Å². The van der Waals surface area contributed by atoms with Crippen LogP contribution in [0.15, 0.2) is 97.2 Å². The van der Waals surface area contributed by atoms with Crippen LogP contribution in [0.5, 0.6) is 0 Å². The molecule has 0 bridgehead atoms. The zero-order chi connectivity index (χ0) is 21.9. The zero-order valence-electron chi connectivity index (χ0n) is 18.2. The van der Waals surface area contributed by atoms with Gasteiger partial charge in [-0.25, -0.2) is 4.79 Å². The monoisotopic (exact) mass is 421 g/mol. The molecule has 4 nitrogen and oxygen atoms in total. The summed E-state index contributed by atoms with van der Waals surface area (Å²) in [5.74, 6) is 0. The number of hydrogen-bond donors (Lipinski definition) is 1. The van der Waals surface area contributed by atoms with Crippen LogP contribution in [0.1, 0.15) is 34.0 Å². The lowest BCUT2D eigenvalue weighted by atomic mass is 9.97. The highest BCUT2D eigenvalue weighted by atomic mass is 16.2. The summed E-state index contributed by atoms with van der Waals surface area (Å²) < 4.78 is 2.23. The second-order valence-corrected chi connectivity index (χ2v) is 8.29. The first-order chi connectivity index (χ1) is 15.7. The highest BCUT2D eigenvalue weighted by molar-refractivity contribution is 5.76. The summed E-state index contributed by atoms with van der Waals surface area (Å²) in [6.07, 6.45) is 2.90. The Hall–Kier alpha value is -3.79. The Morgan fingerprint density at radius 3 is 2.50 bits per heavy atom. The first kappa shape index (κ1) is 20.1. The number of nitrogens with zero attached hydrogens (tertiary/aromatic N) is 2. The minimum atomic E-state index is -0.171. The Kier molecular flexibility index (Phi) is 5.51. The van der Waals surface area contributed by atoms with Crippen molar-refractivity contribution >= 4 is 6.03 Å². The van der Waals surface area contributed by atoms with Crippen LogP contribution < -0.4 is 5.32 Å². The molecular formula is C28H27N3O. The number of benzene rings is 3. The molecular weight excluding hydrogens is 394 g/mol. The Balaban J connectivity index is 1.51. The second kappa shape index (κ2) is 8.75. The molecule has 0 spiro atoms. The van der Waals surface area contributed by atoms with Gasteiger partial charge in [0.05, 0.1) is 12.2 Å². The number of aryl methyl sites for hydroxylation is 1. The van der Waals surface area contributed by atoms with Crippen LogP contribution in [-0.4, -0.2) is 22.0 Å². The molecule has 5 rings (SSSR count). The molecule has 1 atom stereocenters. The molecule has 1 aliphatic rings. The number of fused-ring (bicyclic) bond motifs is 3. The van der Waals surface area contributed by atoms with Crippen molar-refractivity contribution < 1.29 is 4.79 Å². The lowest BCUT2D eigenvalue weighted by molar-refractivity contribution is 0.180. The molecule has 0 radical (unpaired) electrons. The third kappa shape index (κ3) is 3.80. The van der Waals surface area contributed by atoms with Gasteiger partial charge in [0.15, 0.2) is 0 Å². The number of amides is 2. The van der Waals surface area contributed by atoms with Crippen LogP contribution in [0.2, 0.25) is 0 Å². The summed E-state index contributed by atoms with van der Waals surface area (Å²) in [5.41, 5.74) is 6.92. The molecule has 32 heavy (non-hydrogen) atoms. The Labute approximate surface area is 189 Å². The quantitative estimate of drug-likeness (QED) is 0.455. The molecule has 0 fully saturated rings. The number of urea groups is 1. The van der Waals surface area contributed by atoms with Gasteiger partial charge in [-0.2, -0.15) is 0 Å². The number of para-hydroxylation sites is 1. The fourth-order valence-electron chi connectivity index (χ4n) is 4.62. The molecule has 3 aromatic carbocycles. The zero-order valence-corrected chi connectivity index (χ0v) is 18.2. The summed E-state index contributed by atoms with van der Waals surface area (Å²) in [6, 6.07) is 30.9. The van der Waals surface area contributed by atoms with E-state index >= 15 is 0 Å². The van der Waals surface area contributed by atoms with Crippen LogP contribution in [0.4, 0.5) is 4.79 Å². The average Bonchev–Trinajstić information content (AvgIpc) is 3.25. The normalized spacial score (nSPS) is 14.9. The van der Waals surface area contributed by atoms with Gasteiger partial charge in [0.25, 0.3) is 0 Å². The number of carbonyl (C=O) groups is 1. The Bertz CT molecular complexity index is 1230.